The molecule has 0 heterocycles. The lowest BCUT2D eigenvalue weighted by molar-refractivity contribution is 0.0697. The molecule has 2 aromatic rings. The molecular weight excluding hydrogens is 238 g/mol. The summed E-state index contributed by atoms with van der Waals surface area (Å²) < 4.78 is 0. The molecule has 0 bridgehead atoms. The van der Waals surface area contributed by atoms with Crippen LogP contribution in [0.15, 0.2) is 42.5 Å². The summed E-state index contributed by atoms with van der Waals surface area (Å²) in [6.45, 7) is 4.11. The Bertz CT molecular complexity index is 620. The van der Waals surface area contributed by atoms with Crippen LogP contribution in [0.3, 0.4) is 0 Å². The standard InChI is InChI=1S/C16H17NO2/c1-11-7-8-15(12(2)9-11)17(3)14-6-4-5-13(10-14)16(18)19/h4-10H,1-3H3,(H,18,19). The van der Waals surface area contributed by atoms with Crippen LogP contribution in [0.2, 0.25) is 0 Å². The van der Waals surface area contributed by atoms with E-state index in [1.807, 2.05) is 18.0 Å². The van der Waals surface area contributed by atoms with Crippen LogP contribution in [0, 0.1) is 13.8 Å². The maximum Gasteiger partial charge on any atom is 0.335 e. The van der Waals surface area contributed by atoms with Crippen molar-refractivity contribution in [1.82, 2.24) is 0 Å². The number of rotatable bonds is 3. The van der Waals surface area contributed by atoms with Crippen LogP contribution in [-0.4, -0.2) is 18.1 Å². The van der Waals surface area contributed by atoms with Crippen LogP contribution in [0.4, 0.5) is 11.4 Å². The molecule has 0 fully saturated rings. The zero-order chi connectivity index (χ0) is 14.0. The lowest BCUT2D eigenvalue weighted by atomic mass is 10.1. The molecule has 98 valence electrons. The first-order valence-electron chi connectivity index (χ1n) is 6.13. The van der Waals surface area contributed by atoms with Gasteiger partial charge in [-0.05, 0) is 43.7 Å². The molecular formula is C16H17NO2. The highest BCUT2D eigenvalue weighted by Gasteiger charge is 2.09. The summed E-state index contributed by atoms with van der Waals surface area (Å²) >= 11 is 0. The minimum atomic E-state index is -0.907. The Morgan fingerprint density at radius 3 is 2.47 bits per heavy atom. The highest BCUT2D eigenvalue weighted by Crippen LogP contribution is 2.27. The summed E-state index contributed by atoms with van der Waals surface area (Å²) in [5.74, 6) is -0.907. The number of carboxylic acid groups (broad SMARTS) is 1. The lowest BCUT2D eigenvalue weighted by Gasteiger charge is -2.22. The maximum absolute atomic E-state index is 11.0. The van der Waals surface area contributed by atoms with Gasteiger partial charge in [-0.25, -0.2) is 4.79 Å². The minimum Gasteiger partial charge on any atom is -0.478 e. The Labute approximate surface area is 113 Å². The second kappa shape index (κ2) is 5.14. The summed E-state index contributed by atoms with van der Waals surface area (Å²) in [4.78, 5) is 13.0. The molecule has 0 unspecified atom stereocenters. The second-order valence-corrected chi connectivity index (χ2v) is 4.70. The molecule has 0 aliphatic heterocycles. The molecule has 0 aliphatic rings. The molecule has 3 heteroatoms. The minimum absolute atomic E-state index is 0.300. The van der Waals surface area contributed by atoms with Crippen molar-refractivity contribution in [3.05, 3.63) is 59.2 Å². The first-order valence-corrected chi connectivity index (χ1v) is 6.13. The van der Waals surface area contributed by atoms with Gasteiger partial charge in [0, 0.05) is 18.4 Å². The first kappa shape index (κ1) is 13.1. The molecule has 2 aromatic carbocycles. The molecule has 0 saturated carbocycles. The number of anilines is 2. The van der Waals surface area contributed by atoms with E-state index in [0.29, 0.717) is 5.56 Å². The molecule has 3 nitrogen and oxygen atoms in total. The van der Waals surface area contributed by atoms with E-state index >= 15 is 0 Å². The zero-order valence-corrected chi connectivity index (χ0v) is 11.3. The summed E-state index contributed by atoms with van der Waals surface area (Å²) in [7, 11) is 1.94. The molecule has 0 atom stereocenters. The fourth-order valence-corrected chi connectivity index (χ4v) is 2.17. The molecule has 2 rings (SSSR count). The van der Waals surface area contributed by atoms with Gasteiger partial charge in [0.2, 0.25) is 0 Å². The molecule has 0 saturated heterocycles. The maximum atomic E-state index is 11.0. The van der Waals surface area contributed by atoms with E-state index < -0.39 is 5.97 Å². The Morgan fingerprint density at radius 2 is 1.84 bits per heavy atom. The Kier molecular flexibility index (Phi) is 3.56. The topological polar surface area (TPSA) is 40.5 Å². The van der Waals surface area contributed by atoms with Crippen molar-refractivity contribution in [3.63, 3.8) is 0 Å². The average Bonchev–Trinajstić information content (AvgIpc) is 2.38. The Balaban J connectivity index is 2.41. The smallest absolute Gasteiger partial charge is 0.335 e. The quantitative estimate of drug-likeness (QED) is 0.907. The zero-order valence-electron chi connectivity index (χ0n) is 11.3. The van der Waals surface area contributed by atoms with Gasteiger partial charge in [-0.1, -0.05) is 23.8 Å². The van der Waals surface area contributed by atoms with Gasteiger partial charge in [0.1, 0.15) is 0 Å². The van der Waals surface area contributed by atoms with E-state index in [-0.39, 0.29) is 0 Å². The molecule has 19 heavy (non-hydrogen) atoms. The van der Waals surface area contributed by atoms with Crippen molar-refractivity contribution in [1.29, 1.82) is 0 Å². The van der Waals surface area contributed by atoms with Crippen LogP contribution >= 0.6 is 0 Å². The SMILES string of the molecule is Cc1ccc(N(C)c2cccc(C(=O)O)c2)c(C)c1. The van der Waals surface area contributed by atoms with Gasteiger partial charge in [-0.15, -0.1) is 0 Å². The highest BCUT2D eigenvalue weighted by atomic mass is 16.4. The van der Waals surface area contributed by atoms with Crippen LogP contribution in [0.1, 0.15) is 21.5 Å². The van der Waals surface area contributed by atoms with Crippen molar-refractivity contribution in [2.45, 2.75) is 13.8 Å². The second-order valence-electron chi connectivity index (χ2n) is 4.70. The van der Waals surface area contributed by atoms with E-state index in [1.54, 1.807) is 18.2 Å². The van der Waals surface area contributed by atoms with E-state index in [2.05, 4.69) is 32.0 Å². The van der Waals surface area contributed by atoms with Gasteiger partial charge < -0.3 is 10.0 Å². The van der Waals surface area contributed by atoms with E-state index in [9.17, 15) is 4.79 Å². The predicted molar refractivity (Wildman–Crippen MR) is 77.4 cm³/mol. The van der Waals surface area contributed by atoms with E-state index in [4.69, 9.17) is 5.11 Å². The number of aryl methyl sites for hydroxylation is 2. The Morgan fingerprint density at radius 1 is 1.11 bits per heavy atom. The fraction of sp³-hybridized carbons (Fsp3) is 0.188. The van der Waals surface area contributed by atoms with Crippen molar-refractivity contribution < 1.29 is 9.90 Å². The number of hydrogen-bond acceptors (Lipinski definition) is 2. The van der Waals surface area contributed by atoms with Gasteiger partial charge >= 0.3 is 5.97 Å². The van der Waals surface area contributed by atoms with Gasteiger partial charge in [0.05, 0.1) is 5.56 Å². The number of carbonyl (C=O) groups is 1. The Hall–Kier alpha value is -2.29. The first-order chi connectivity index (χ1) is 8.99. The molecule has 0 spiro atoms. The fourth-order valence-electron chi connectivity index (χ4n) is 2.17. The van der Waals surface area contributed by atoms with Crippen molar-refractivity contribution in [2.75, 3.05) is 11.9 Å². The number of carboxylic acids is 1. The number of benzene rings is 2. The normalized spacial score (nSPS) is 10.3. The molecule has 0 aromatic heterocycles. The average molecular weight is 255 g/mol. The molecule has 0 aliphatic carbocycles. The largest absolute Gasteiger partial charge is 0.478 e. The monoisotopic (exact) mass is 255 g/mol. The van der Waals surface area contributed by atoms with Crippen LogP contribution in [-0.2, 0) is 0 Å². The molecule has 0 radical (unpaired) electrons. The number of aromatic carboxylic acids is 1. The van der Waals surface area contributed by atoms with Crippen LogP contribution < -0.4 is 4.90 Å². The highest BCUT2D eigenvalue weighted by molar-refractivity contribution is 5.89. The van der Waals surface area contributed by atoms with Gasteiger partial charge in [-0.2, -0.15) is 0 Å². The lowest BCUT2D eigenvalue weighted by Crippen LogP contribution is -2.11. The summed E-state index contributed by atoms with van der Waals surface area (Å²) in [5.41, 5.74) is 4.63. The third-order valence-corrected chi connectivity index (χ3v) is 3.19. The summed E-state index contributed by atoms with van der Waals surface area (Å²) in [5, 5.41) is 9.03. The third-order valence-electron chi connectivity index (χ3n) is 3.19. The van der Waals surface area contributed by atoms with Crippen LogP contribution in [0.25, 0.3) is 0 Å². The van der Waals surface area contributed by atoms with E-state index in [0.717, 1.165) is 11.4 Å². The molecule has 0 amide bonds. The summed E-state index contributed by atoms with van der Waals surface area (Å²) in [6.07, 6.45) is 0. The third kappa shape index (κ3) is 2.76. The predicted octanol–water partition coefficient (Wildman–Crippen LogP) is 3.77. The van der Waals surface area contributed by atoms with Crippen molar-refractivity contribution in [2.24, 2.45) is 0 Å². The summed E-state index contributed by atoms with van der Waals surface area (Å²) in [6, 6.07) is 13.2. The van der Waals surface area contributed by atoms with Gasteiger partial charge in [0.25, 0.3) is 0 Å². The van der Waals surface area contributed by atoms with Crippen molar-refractivity contribution >= 4 is 17.3 Å². The van der Waals surface area contributed by atoms with Crippen LogP contribution in [0.5, 0.6) is 0 Å². The van der Waals surface area contributed by atoms with Crippen molar-refractivity contribution in [3.8, 4) is 0 Å². The molecule has 1 N–H and O–H groups in total. The number of nitrogens with zero attached hydrogens (tertiary/aromatic N) is 1. The van der Waals surface area contributed by atoms with Gasteiger partial charge in [0.15, 0.2) is 0 Å². The van der Waals surface area contributed by atoms with E-state index in [1.165, 1.54) is 11.1 Å². The van der Waals surface area contributed by atoms with Gasteiger partial charge in [-0.3, -0.25) is 0 Å². The number of hydrogen-bond donors (Lipinski definition) is 1.